The fourth-order valence-corrected chi connectivity index (χ4v) is 2.71. The standard InChI is InChI=1S/C17H11BrFNO3/c1-23-16-5-2-9(6-13(16)19)15-8-12(17(21)22)11-7-10(18)3-4-14(11)20-15/h2-8H,1H3,(H,21,22). The van der Waals surface area contributed by atoms with Gasteiger partial charge in [-0.2, -0.15) is 0 Å². The first-order valence-corrected chi connectivity index (χ1v) is 7.46. The predicted octanol–water partition coefficient (Wildman–Crippen LogP) is 4.51. The minimum Gasteiger partial charge on any atom is -0.494 e. The van der Waals surface area contributed by atoms with Crippen molar-refractivity contribution in [2.75, 3.05) is 7.11 Å². The first-order valence-electron chi connectivity index (χ1n) is 6.67. The molecule has 0 saturated carbocycles. The topological polar surface area (TPSA) is 59.4 Å². The highest BCUT2D eigenvalue weighted by atomic mass is 79.9. The number of carboxylic acids is 1. The summed E-state index contributed by atoms with van der Waals surface area (Å²) in [5, 5.41) is 9.96. The fraction of sp³-hybridized carbons (Fsp3) is 0.0588. The third kappa shape index (κ3) is 2.90. The third-order valence-electron chi connectivity index (χ3n) is 3.45. The number of hydrogen-bond donors (Lipinski definition) is 1. The Morgan fingerprint density at radius 1 is 1.22 bits per heavy atom. The van der Waals surface area contributed by atoms with Crippen LogP contribution in [0, 0.1) is 5.82 Å². The second kappa shape index (κ2) is 5.96. The predicted molar refractivity (Wildman–Crippen MR) is 88.3 cm³/mol. The molecule has 1 N–H and O–H groups in total. The zero-order chi connectivity index (χ0) is 16.6. The SMILES string of the molecule is COc1ccc(-c2cc(C(=O)O)c3cc(Br)ccc3n2)cc1F. The summed E-state index contributed by atoms with van der Waals surface area (Å²) >= 11 is 3.32. The van der Waals surface area contributed by atoms with Gasteiger partial charge >= 0.3 is 5.97 Å². The van der Waals surface area contributed by atoms with E-state index in [0.29, 0.717) is 22.2 Å². The third-order valence-corrected chi connectivity index (χ3v) is 3.94. The Hall–Kier alpha value is -2.47. The van der Waals surface area contributed by atoms with Crippen LogP contribution in [0.15, 0.2) is 46.9 Å². The molecule has 1 aromatic heterocycles. The number of carboxylic acid groups (broad SMARTS) is 1. The van der Waals surface area contributed by atoms with Crippen LogP contribution in [-0.4, -0.2) is 23.2 Å². The van der Waals surface area contributed by atoms with Crippen LogP contribution < -0.4 is 4.74 Å². The Kier molecular flexibility index (Phi) is 4.00. The number of ether oxygens (including phenoxy) is 1. The lowest BCUT2D eigenvalue weighted by Gasteiger charge is -2.09. The maximum Gasteiger partial charge on any atom is 0.336 e. The van der Waals surface area contributed by atoms with Crippen molar-refractivity contribution < 1.29 is 19.0 Å². The van der Waals surface area contributed by atoms with Gasteiger partial charge in [-0.15, -0.1) is 0 Å². The summed E-state index contributed by atoms with van der Waals surface area (Å²) in [6.07, 6.45) is 0. The number of fused-ring (bicyclic) bond motifs is 1. The van der Waals surface area contributed by atoms with Crippen LogP contribution >= 0.6 is 15.9 Å². The maximum atomic E-state index is 13.9. The van der Waals surface area contributed by atoms with E-state index < -0.39 is 11.8 Å². The molecule has 0 spiro atoms. The summed E-state index contributed by atoms with van der Waals surface area (Å²) in [6.45, 7) is 0. The number of pyridine rings is 1. The van der Waals surface area contributed by atoms with Gasteiger partial charge in [0, 0.05) is 15.4 Å². The van der Waals surface area contributed by atoms with Crippen LogP contribution in [0.4, 0.5) is 4.39 Å². The van der Waals surface area contributed by atoms with Gasteiger partial charge in [0.1, 0.15) is 0 Å². The lowest BCUT2D eigenvalue weighted by molar-refractivity contribution is 0.0699. The molecule has 3 rings (SSSR count). The smallest absolute Gasteiger partial charge is 0.336 e. The first-order chi connectivity index (χ1) is 11.0. The number of halogens is 2. The first kappa shape index (κ1) is 15.4. The van der Waals surface area contributed by atoms with Crippen molar-refractivity contribution in [3.8, 4) is 17.0 Å². The zero-order valence-corrected chi connectivity index (χ0v) is 13.6. The van der Waals surface area contributed by atoms with Crippen LogP contribution in [0.3, 0.4) is 0 Å². The van der Waals surface area contributed by atoms with Gasteiger partial charge < -0.3 is 9.84 Å². The molecule has 2 aromatic carbocycles. The molecule has 6 heteroatoms. The molecule has 1 heterocycles. The summed E-state index contributed by atoms with van der Waals surface area (Å²) in [6, 6.07) is 11.0. The van der Waals surface area contributed by atoms with E-state index in [1.165, 1.54) is 25.3 Å². The van der Waals surface area contributed by atoms with Crippen LogP contribution in [0.2, 0.25) is 0 Å². The lowest BCUT2D eigenvalue weighted by Crippen LogP contribution is -2.00. The van der Waals surface area contributed by atoms with Crippen molar-refractivity contribution in [2.45, 2.75) is 0 Å². The molecule has 0 radical (unpaired) electrons. The number of rotatable bonds is 3. The van der Waals surface area contributed by atoms with E-state index in [0.717, 1.165) is 4.47 Å². The molecule has 0 saturated heterocycles. The summed E-state index contributed by atoms with van der Waals surface area (Å²) in [4.78, 5) is 16.0. The molecular formula is C17H11BrFNO3. The molecular weight excluding hydrogens is 365 g/mol. The number of aromatic carboxylic acids is 1. The summed E-state index contributed by atoms with van der Waals surface area (Å²) in [5.41, 5.74) is 1.51. The van der Waals surface area contributed by atoms with Gasteiger partial charge in [0.15, 0.2) is 11.6 Å². The minimum absolute atomic E-state index is 0.113. The van der Waals surface area contributed by atoms with E-state index in [2.05, 4.69) is 20.9 Å². The highest BCUT2D eigenvalue weighted by Crippen LogP contribution is 2.29. The Bertz CT molecular complexity index is 927. The molecule has 0 amide bonds. The molecule has 0 aliphatic heterocycles. The molecule has 0 fully saturated rings. The second-order valence-electron chi connectivity index (χ2n) is 4.87. The molecule has 4 nitrogen and oxygen atoms in total. The van der Waals surface area contributed by atoms with Gasteiger partial charge in [0.25, 0.3) is 0 Å². The van der Waals surface area contributed by atoms with Gasteiger partial charge in [-0.25, -0.2) is 14.2 Å². The van der Waals surface area contributed by atoms with Crippen molar-refractivity contribution >= 4 is 32.8 Å². The number of methoxy groups -OCH3 is 1. The van der Waals surface area contributed by atoms with E-state index in [1.807, 2.05) is 0 Å². The minimum atomic E-state index is -1.06. The van der Waals surface area contributed by atoms with E-state index in [1.54, 1.807) is 24.3 Å². The zero-order valence-electron chi connectivity index (χ0n) is 12.0. The van der Waals surface area contributed by atoms with Gasteiger partial charge in [-0.05, 0) is 42.5 Å². The van der Waals surface area contributed by atoms with Crippen molar-refractivity contribution in [1.82, 2.24) is 4.98 Å². The van der Waals surface area contributed by atoms with Crippen LogP contribution in [0.5, 0.6) is 5.75 Å². The van der Waals surface area contributed by atoms with Crippen LogP contribution in [0.1, 0.15) is 10.4 Å². The quantitative estimate of drug-likeness (QED) is 0.731. The Balaban J connectivity index is 2.24. The van der Waals surface area contributed by atoms with E-state index in [-0.39, 0.29) is 11.3 Å². The Labute approximate surface area is 139 Å². The van der Waals surface area contributed by atoms with Gasteiger partial charge in [0.05, 0.1) is 23.9 Å². The lowest BCUT2D eigenvalue weighted by atomic mass is 10.0. The highest BCUT2D eigenvalue weighted by Gasteiger charge is 2.14. The van der Waals surface area contributed by atoms with E-state index in [9.17, 15) is 14.3 Å². The Morgan fingerprint density at radius 3 is 2.65 bits per heavy atom. The average Bonchev–Trinajstić information content (AvgIpc) is 2.53. The molecule has 3 aromatic rings. The Morgan fingerprint density at radius 2 is 2.00 bits per heavy atom. The molecule has 0 bridgehead atoms. The van der Waals surface area contributed by atoms with Crippen molar-refractivity contribution in [2.24, 2.45) is 0 Å². The number of nitrogens with zero attached hydrogens (tertiary/aromatic N) is 1. The molecule has 0 unspecified atom stereocenters. The van der Waals surface area contributed by atoms with Crippen LogP contribution in [0.25, 0.3) is 22.2 Å². The molecule has 0 aliphatic carbocycles. The molecule has 116 valence electrons. The van der Waals surface area contributed by atoms with Crippen molar-refractivity contribution in [1.29, 1.82) is 0 Å². The van der Waals surface area contributed by atoms with Gasteiger partial charge in [-0.3, -0.25) is 0 Å². The number of aromatic nitrogens is 1. The molecule has 23 heavy (non-hydrogen) atoms. The molecule has 0 atom stereocenters. The van der Waals surface area contributed by atoms with E-state index in [4.69, 9.17) is 4.74 Å². The van der Waals surface area contributed by atoms with Gasteiger partial charge in [-0.1, -0.05) is 15.9 Å². The van der Waals surface area contributed by atoms with E-state index >= 15 is 0 Å². The molecule has 0 aliphatic rings. The summed E-state index contributed by atoms with van der Waals surface area (Å²) in [5.74, 6) is -1.47. The largest absolute Gasteiger partial charge is 0.494 e. The second-order valence-corrected chi connectivity index (χ2v) is 5.79. The number of carbonyl (C=O) groups is 1. The monoisotopic (exact) mass is 375 g/mol. The summed E-state index contributed by atoms with van der Waals surface area (Å²) < 4.78 is 19.5. The van der Waals surface area contributed by atoms with Crippen LogP contribution in [-0.2, 0) is 0 Å². The average molecular weight is 376 g/mol. The number of hydrogen-bond acceptors (Lipinski definition) is 3. The normalized spacial score (nSPS) is 10.7. The van der Waals surface area contributed by atoms with Crippen molar-refractivity contribution in [3.05, 3.63) is 58.3 Å². The summed E-state index contributed by atoms with van der Waals surface area (Å²) in [7, 11) is 1.38. The number of benzene rings is 2. The highest BCUT2D eigenvalue weighted by molar-refractivity contribution is 9.10. The van der Waals surface area contributed by atoms with Crippen molar-refractivity contribution in [3.63, 3.8) is 0 Å². The fourth-order valence-electron chi connectivity index (χ4n) is 2.35. The van der Waals surface area contributed by atoms with Gasteiger partial charge in [0.2, 0.25) is 0 Å². The maximum absolute atomic E-state index is 13.9.